The Bertz CT molecular complexity index is 1680. The van der Waals surface area contributed by atoms with Crippen molar-refractivity contribution in [2.45, 2.75) is 35.8 Å². The highest BCUT2D eigenvalue weighted by Crippen LogP contribution is 2.25. The Morgan fingerprint density at radius 3 is 1.08 bits per heavy atom. The molecule has 11 heteroatoms. The van der Waals surface area contributed by atoms with E-state index in [4.69, 9.17) is 28.4 Å². The number of esters is 2. The van der Waals surface area contributed by atoms with Crippen LogP contribution in [-0.2, 0) is 28.9 Å². The first kappa shape index (κ1) is 36.3. The third-order valence-corrected chi connectivity index (χ3v) is 8.53. The quantitative estimate of drug-likeness (QED) is 0.0857. The third-order valence-electron chi connectivity index (χ3n) is 6.74. The second kappa shape index (κ2) is 17.6. The van der Waals surface area contributed by atoms with Crippen molar-refractivity contribution in [3.05, 3.63) is 133 Å². The Labute approximate surface area is 286 Å². The van der Waals surface area contributed by atoms with Crippen LogP contribution in [0.4, 0.5) is 0 Å². The fourth-order valence-corrected chi connectivity index (χ4v) is 5.35. The van der Waals surface area contributed by atoms with Gasteiger partial charge in [-0.15, -0.1) is 0 Å². The minimum absolute atomic E-state index is 0.0367. The topological polar surface area (TPSA) is 124 Å². The molecule has 2 atom stereocenters. The van der Waals surface area contributed by atoms with E-state index in [1.165, 1.54) is 48.5 Å². The van der Waals surface area contributed by atoms with E-state index in [-0.39, 0.29) is 47.4 Å². The van der Waals surface area contributed by atoms with Crippen molar-refractivity contribution in [3.63, 3.8) is 0 Å². The molecule has 0 aliphatic rings. The van der Waals surface area contributed by atoms with Gasteiger partial charge in [0.05, 0.1) is 9.79 Å². The molecular formula is C38H38O10S. The first-order chi connectivity index (χ1) is 23.5. The molecule has 0 spiro atoms. The summed E-state index contributed by atoms with van der Waals surface area (Å²) in [5, 5.41) is 0. The zero-order valence-corrected chi connectivity index (χ0v) is 28.1. The van der Waals surface area contributed by atoms with Crippen molar-refractivity contribution in [2.75, 3.05) is 26.4 Å². The van der Waals surface area contributed by atoms with Gasteiger partial charge in [-0.3, -0.25) is 0 Å². The van der Waals surface area contributed by atoms with Gasteiger partial charge >= 0.3 is 11.9 Å². The molecule has 4 aromatic carbocycles. The van der Waals surface area contributed by atoms with Crippen LogP contribution < -0.4 is 18.9 Å². The van der Waals surface area contributed by atoms with Crippen molar-refractivity contribution < 1.29 is 46.4 Å². The van der Waals surface area contributed by atoms with Gasteiger partial charge in [-0.05, 0) is 86.6 Å². The lowest BCUT2D eigenvalue weighted by Gasteiger charge is -2.19. The lowest BCUT2D eigenvalue weighted by Crippen LogP contribution is -2.31. The van der Waals surface area contributed by atoms with E-state index in [9.17, 15) is 18.0 Å². The average molecular weight is 687 g/mol. The molecule has 0 radical (unpaired) electrons. The van der Waals surface area contributed by atoms with Crippen LogP contribution in [0.5, 0.6) is 23.0 Å². The van der Waals surface area contributed by atoms with E-state index >= 15 is 0 Å². The van der Waals surface area contributed by atoms with Gasteiger partial charge in [0, 0.05) is 11.1 Å². The lowest BCUT2D eigenvalue weighted by molar-refractivity contribution is -0.148. The molecule has 256 valence electrons. The number of hydrogen-bond acceptors (Lipinski definition) is 10. The van der Waals surface area contributed by atoms with Gasteiger partial charge in [-0.25, -0.2) is 18.0 Å². The second-order valence-electron chi connectivity index (χ2n) is 10.9. The van der Waals surface area contributed by atoms with E-state index < -0.39 is 34.0 Å². The van der Waals surface area contributed by atoms with Crippen LogP contribution in [0.15, 0.2) is 143 Å². The number of rotatable bonds is 18. The maximum atomic E-state index is 13.4. The molecule has 10 nitrogen and oxygen atoms in total. The first-order valence-corrected chi connectivity index (χ1v) is 16.8. The van der Waals surface area contributed by atoms with Crippen molar-refractivity contribution in [2.24, 2.45) is 0 Å². The Hall–Kier alpha value is -5.55. The number of para-hydroxylation sites is 2. The second-order valence-corrected chi connectivity index (χ2v) is 12.9. The molecule has 0 bridgehead atoms. The molecule has 2 unspecified atom stereocenters. The normalized spacial score (nSPS) is 12.1. The zero-order valence-electron chi connectivity index (χ0n) is 27.3. The number of sulfone groups is 1. The van der Waals surface area contributed by atoms with Gasteiger partial charge in [0.2, 0.25) is 9.84 Å². The van der Waals surface area contributed by atoms with Crippen LogP contribution in [-0.4, -0.2) is 59.0 Å². The van der Waals surface area contributed by atoms with Gasteiger partial charge in [0.15, 0.2) is 12.2 Å². The van der Waals surface area contributed by atoms with Crippen LogP contribution >= 0.6 is 0 Å². The van der Waals surface area contributed by atoms with Crippen LogP contribution in [0.3, 0.4) is 0 Å². The SMILES string of the molecule is C=C(C)C(=O)OC(COc1ccccc1)COc1ccc(S(=O)(=O)c2ccc(OCC(COc3ccccc3)OC(=O)C(=C)C)cc2)cc1. The fraction of sp³-hybridized carbons (Fsp3) is 0.211. The van der Waals surface area contributed by atoms with Crippen LogP contribution in [0.1, 0.15) is 13.8 Å². The van der Waals surface area contributed by atoms with E-state index in [0.717, 1.165) is 0 Å². The third kappa shape index (κ3) is 11.3. The average Bonchev–Trinajstić information content (AvgIpc) is 3.11. The lowest BCUT2D eigenvalue weighted by atomic mass is 10.3. The summed E-state index contributed by atoms with van der Waals surface area (Å²) in [4.78, 5) is 24.4. The summed E-state index contributed by atoms with van der Waals surface area (Å²) < 4.78 is 60.7. The number of ether oxygens (including phenoxy) is 6. The zero-order chi connectivity index (χ0) is 35.2. The standard InChI is InChI=1S/C38H38O10S/c1-27(2)37(39)47-33(23-43-29-11-7-5-8-12-29)25-45-31-15-19-35(20-16-31)49(41,42)36-21-17-32(18-22-36)46-26-34(48-38(40)28(3)4)24-44-30-13-9-6-10-14-30/h5-22,33-34H,1,3,23-26H2,2,4H3. The first-order valence-electron chi connectivity index (χ1n) is 15.3. The fourth-order valence-electron chi connectivity index (χ4n) is 4.09. The van der Waals surface area contributed by atoms with Crippen molar-refractivity contribution in [1.82, 2.24) is 0 Å². The highest BCUT2D eigenvalue weighted by Gasteiger charge is 2.21. The molecule has 0 aliphatic carbocycles. The van der Waals surface area contributed by atoms with Crippen molar-refractivity contribution >= 4 is 21.8 Å². The van der Waals surface area contributed by atoms with Crippen molar-refractivity contribution in [3.8, 4) is 23.0 Å². The number of carbonyl (C=O) groups excluding carboxylic acids is 2. The predicted molar refractivity (Wildman–Crippen MR) is 183 cm³/mol. The molecule has 0 amide bonds. The highest BCUT2D eigenvalue weighted by atomic mass is 32.2. The Balaban J connectivity index is 1.35. The smallest absolute Gasteiger partial charge is 0.333 e. The largest absolute Gasteiger partial charge is 0.490 e. The maximum Gasteiger partial charge on any atom is 0.333 e. The van der Waals surface area contributed by atoms with Gasteiger partial charge in [0.25, 0.3) is 0 Å². The molecule has 4 rings (SSSR count). The number of benzene rings is 4. The predicted octanol–water partition coefficient (Wildman–Crippen LogP) is 6.41. The van der Waals surface area contributed by atoms with Gasteiger partial charge in [-0.2, -0.15) is 0 Å². The van der Waals surface area contributed by atoms with Gasteiger partial charge in [-0.1, -0.05) is 49.6 Å². The number of hydrogen-bond donors (Lipinski definition) is 0. The van der Waals surface area contributed by atoms with E-state index in [1.54, 1.807) is 38.1 Å². The Morgan fingerprint density at radius 1 is 0.510 bits per heavy atom. The maximum absolute atomic E-state index is 13.4. The van der Waals surface area contributed by atoms with Crippen LogP contribution in [0, 0.1) is 0 Å². The van der Waals surface area contributed by atoms with Crippen LogP contribution in [0.25, 0.3) is 0 Å². The molecule has 0 aliphatic heterocycles. The molecule has 0 saturated carbocycles. The summed E-state index contributed by atoms with van der Waals surface area (Å²) in [5.41, 5.74) is 0.473. The summed E-state index contributed by atoms with van der Waals surface area (Å²) in [6.07, 6.45) is -1.50. The van der Waals surface area contributed by atoms with Gasteiger partial charge in [0.1, 0.15) is 49.4 Å². The summed E-state index contributed by atoms with van der Waals surface area (Å²) >= 11 is 0. The monoisotopic (exact) mass is 686 g/mol. The number of carbonyl (C=O) groups is 2. The molecular weight excluding hydrogens is 648 g/mol. The minimum atomic E-state index is -3.87. The summed E-state index contributed by atoms with van der Waals surface area (Å²) in [6, 6.07) is 29.9. The Kier molecular flexibility index (Phi) is 13.0. The molecule has 0 saturated heterocycles. The molecule has 4 aromatic rings. The van der Waals surface area contributed by atoms with Crippen LogP contribution in [0.2, 0.25) is 0 Å². The van der Waals surface area contributed by atoms with Crippen molar-refractivity contribution in [1.29, 1.82) is 0 Å². The molecule has 0 N–H and O–H groups in total. The molecule has 0 aromatic heterocycles. The molecule has 49 heavy (non-hydrogen) atoms. The van der Waals surface area contributed by atoms with E-state index in [2.05, 4.69) is 13.2 Å². The summed E-state index contributed by atoms with van der Waals surface area (Å²) in [5.74, 6) is 0.802. The summed E-state index contributed by atoms with van der Waals surface area (Å²) in [6.45, 7) is 10.3. The molecule has 0 fully saturated rings. The molecule has 0 heterocycles. The van der Waals surface area contributed by atoms with E-state index in [1.807, 2.05) is 36.4 Å². The van der Waals surface area contributed by atoms with E-state index in [0.29, 0.717) is 23.0 Å². The summed E-state index contributed by atoms with van der Waals surface area (Å²) in [7, 11) is -3.87. The Morgan fingerprint density at radius 2 is 0.796 bits per heavy atom. The highest BCUT2D eigenvalue weighted by molar-refractivity contribution is 7.91. The van der Waals surface area contributed by atoms with Gasteiger partial charge < -0.3 is 28.4 Å². The minimum Gasteiger partial charge on any atom is -0.490 e.